The summed E-state index contributed by atoms with van der Waals surface area (Å²) in [6.07, 6.45) is 27.4. The molecule has 316 valence electrons. The van der Waals surface area contributed by atoms with Crippen molar-refractivity contribution in [3.05, 3.63) is 0 Å². The third kappa shape index (κ3) is 25.8. The highest BCUT2D eigenvalue weighted by molar-refractivity contribution is 5.68. The lowest BCUT2D eigenvalue weighted by Crippen LogP contribution is -2.63. The molecule has 10 heteroatoms. The van der Waals surface area contributed by atoms with Gasteiger partial charge in [-0.15, -0.1) is 0 Å². The Morgan fingerprint density at radius 3 is 1.19 bits per heavy atom. The van der Waals surface area contributed by atoms with E-state index in [1.165, 1.54) is 169 Å². The molecule has 0 aromatic carbocycles. The van der Waals surface area contributed by atoms with Crippen LogP contribution in [0.2, 0.25) is 0 Å². The lowest BCUT2D eigenvalue weighted by molar-refractivity contribution is -0.310. The first-order valence-electron chi connectivity index (χ1n) is 22.0. The quantitative estimate of drug-likeness (QED) is 0.0355. The van der Waals surface area contributed by atoms with E-state index < -0.39 is 54.6 Å². The van der Waals surface area contributed by atoms with Gasteiger partial charge in [-0.2, -0.15) is 0 Å². The number of rotatable bonds is 34. The van der Waals surface area contributed by atoms with Gasteiger partial charge in [-0.3, -0.25) is 19.2 Å². The van der Waals surface area contributed by atoms with Crippen molar-refractivity contribution in [2.45, 2.75) is 239 Å². The fourth-order valence-corrected chi connectivity index (χ4v) is 7.41. The molecule has 1 saturated heterocycles. The zero-order valence-electron chi connectivity index (χ0n) is 35.3. The highest BCUT2D eigenvalue weighted by atomic mass is 16.7. The Labute approximate surface area is 329 Å². The molecule has 1 aliphatic rings. The van der Waals surface area contributed by atoms with E-state index in [2.05, 4.69) is 13.8 Å². The minimum Gasteiger partial charge on any atom is -0.463 e. The minimum atomic E-state index is -1.22. The van der Waals surface area contributed by atoms with Crippen LogP contribution in [-0.4, -0.2) is 67.8 Å². The Balaban J connectivity index is 2.84. The van der Waals surface area contributed by atoms with Crippen molar-refractivity contribution in [1.82, 2.24) is 0 Å². The van der Waals surface area contributed by atoms with E-state index in [1.807, 2.05) is 0 Å². The number of carbonyl (C=O) groups is 4. The molecule has 0 bridgehead atoms. The van der Waals surface area contributed by atoms with Gasteiger partial charge < -0.3 is 28.4 Å². The fraction of sp³-hybridized carbons (Fsp3) is 0.909. The van der Waals surface area contributed by atoms with Crippen LogP contribution in [0.1, 0.15) is 208 Å². The average molecular weight is 769 g/mol. The average Bonchev–Trinajstić information content (AvgIpc) is 3.11. The molecule has 1 unspecified atom stereocenters. The van der Waals surface area contributed by atoms with Crippen LogP contribution >= 0.6 is 0 Å². The van der Waals surface area contributed by atoms with Crippen LogP contribution < -0.4 is 0 Å². The van der Waals surface area contributed by atoms with Gasteiger partial charge in [0, 0.05) is 27.7 Å². The van der Waals surface area contributed by atoms with Gasteiger partial charge in [0.2, 0.25) is 0 Å². The van der Waals surface area contributed by atoms with Crippen LogP contribution in [0.15, 0.2) is 0 Å². The van der Waals surface area contributed by atoms with Crippen molar-refractivity contribution < 1.29 is 47.6 Å². The SMILES string of the molecule is CCCCCCCCCCCCCCC(CCCCCCCCCCCCCC)COC1O[C@H](COC(C)=O)[C@H](OC(C)=O)[C@H](OC(C)=O)[C@H]1OC(C)=O. The van der Waals surface area contributed by atoms with Crippen LogP contribution in [-0.2, 0) is 47.6 Å². The Bertz CT molecular complexity index is 943. The summed E-state index contributed by atoms with van der Waals surface area (Å²) < 4.78 is 34.6. The number of carbonyl (C=O) groups excluding carboxylic acids is 4. The molecule has 0 aromatic rings. The van der Waals surface area contributed by atoms with Gasteiger partial charge in [0.25, 0.3) is 0 Å². The van der Waals surface area contributed by atoms with E-state index in [-0.39, 0.29) is 12.5 Å². The monoisotopic (exact) mass is 769 g/mol. The predicted octanol–water partition coefficient (Wildman–Crippen LogP) is 10.9. The van der Waals surface area contributed by atoms with E-state index >= 15 is 0 Å². The number of hydrogen-bond acceptors (Lipinski definition) is 10. The molecule has 1 aliphatic heterocycles. The largest absolute Gasteiger partial charge is 0.463 e. The summed E-state index contributed by atoms with van der Waals surface area (Å²) in [6.45, 7) is 9.57. The Morgan fingerprint density at radius 1 is 0.463 bits per heavy atom. The van der Waals surface area contributed by atoms with Crippen molar-refractivity contribution in [3.8, 4) is 0 Å². The lowest BCUT2D eigenvalue weighted by Gasteiger charge is -2.44. The molecule has 5 atom stereocenters. The zero-order chi connectivity index (χ0) is 39.8. The molecular weight excluding hydrogens is 688 g/mol. The highest BCUT2D eigenvalue weighted by Crippen LogP contribution is 2.31. The van der Waals surface area contributed by atoms with E-state index in [0.29, 0.717) is 6.61 Å². The Kier molecular flexibility index (Phi) is 30.4. The summed E-state index contributed by atoms with van der Waals surface area (Å²) in [6, 6.07) is 0. The van der Waals surface area contributed by atoms with Crippen LogP contribution in [0.3, 0.4) is 0 Å². The molecule has 0 aromatic heterocycles. The third-order valence-electron chi connectivity index (χ3n) is 10.4. The number of ether oxygens (including phenoxy) is 6. The van der Waals surface area contributed by atoms with Crippen molar-refractivity contribution in [2.24, 2.45) is 5.92 Å². The molecule has 0 amide bonds. The maximum absolute atomic E-state index is 12.3. The Hall–Kier alpha value is -2.20. The van der Waals surface area contributed by atoms with E-state index in [0.717, 1.165) is 25.7 Å². The van der Waals surface area contributed by atoms with Gasteiger partial charge in [0.15, 0.2) is 24.6 Å². The van der Waals surface area contributed by atoms with Gasteiger partial charge in [-0.1, -0.05) is 168 Å². The van der Waals surface area contributed by atoms with E-state index in [4.69, 9.17) is 28.4 Å². The molecule has 1 heterocycles. The summed E-state index contributed by atoms with van der Waals surface area (Å²) >= 11 is 0. The number of unbranched alkanes of at least 4 members (excludes halogenated alkanes) is 22. The van der Waals surface area contributed by atoms with E-state index in [1.54, 1.807) is 0 Å². The van der Waals surface area contributed by atoms with Gasteiger partial charge in [0.05, 0.1) is 6.61 Å². The fourth-order valence-electron chi connectivity index (χ4n) is 7.41. The summed E-state index contributed by atoms with van der Waals surface area (Å²) in [7, 11) is 0. The standard InChI is InChI=1S/C44H80O10/c1-7-9-11-13-15-17-19-21-23-25-27-29-31-39(32-30-28-26-24-22-20-18-16-14-12-10-8-2)33-50-44-43(53-38(6)48)42(52-37(5)47)41(51-36(4)46)40(54-44)34-49-35(3)45/h39-44H,7-34H2,1-6H3/t40-,41+,42+,43-,44?/m1/s1. The highest BCUT2D eigenvalue weighted by Gasteiger charge is 2.52. The van der Waals surface area contributed by atoms with Gasteiger partial charge >= 0.3 is 23.9 Å². The maximum Gasteiger partial charge on any atom is 0.303 e. The molecule has 0 radical (unpaired) electrons. The predicted molar refractivity (Wildman–Crippen MR) is 213 cm³/mol. The number of esters is 4. The summed E-state index contributed by atoms with van der Waals surface area (Å²) in [5.74, 6) is -2.21. The molecule has 0 aliphatic carbocycles. The molecule has 1 rings (SSSR count). The second-order valence-electron chi connectivity index (χ2n) is 15.6. The zero-order valence-corrected chi connectivity index (χ0v) is 35.3. The maximum atomic E-state index is 12.3. The molecule has 0 saturated carbocycles. The second kappa shape index (κ2) is 33.0. The lowest BCUT2D eigenvalue weighted by atomic mass is 9.94. The first-order chi connectivity index (χ1) is 26.1. The van der Waals surface area contributed by atoms with Gasteiger partial charge in [-0.25, -0.2) is 0 Å². The van der Waals surface area contributed by atoms with Crippen LogP contribution in [0, 0.1) is 5.92 Å². The smallest absolute Gasteiger partial charge is 0.303 e. The normalized spacial score (nSPS) is 19.8. The van der Waals surface area contributed by atoms with Gasteiger partial charge in [-0.05, 0) is 18.8 Å². The van der Waals surface area contributed by atoms with Crippen LogP contribution in [0.5, 0.6) is 0 Å². The third-order valence-corrected chi connectivity index (χ3v) is 10.4. The van der Waals surface area contributed by atoms with E-state index in [9.17, 15) is 19.2 Å². The topological polar surface area (TPSA) is 124 Å². The van der Waals surface area contributed by atoms with Gasteiger partial charge in [0.1, 0.15) is 12.7 Å². The first kappa shape index (κ1) is 49.8. The summed E-state index contributed by atoms with van der Waals surface area (Å²) in [4.78, 5) is 48.3. The molecule has 54 heavy (non-hydrogen) atoms. The van der Waals surface area contributed by atoms with Crippen LogP contribution in [0.25, 0.3) is 0 Å². The van der Waals surface area contributed by atoms with Crippen molar-refractivity contribution in [3.63, 3.8) is 0 Å². The van der Waals surface area contributed by atoms with Crippen molar-refractivity contribution in [2.75, 3.05) is 13.2 Å². The molecule has 0 spiro atoms. The summed E-state index contributed by atoms with van der Waals surface area (Å²) in [5.41, 5.74) is 0. The summed E-state index contributed by atoms with van der Waals surface area (Å²) in [5, 5.41) is 0. The first-order valence-corrected chi connectivity index (χ1v) is 22.0. The second-order valence-corrected chi connectivity index (χ2v) is 15.6. The van der Waals surface area contributed by atoms with Crippen LogP contribution in [0.4, 0.5) is 0 Å². The van der Waals surface area contributed by atoms with Crippen molar-refractivity contribution >= 4 is 23.9 Å². The molecule has 1 fully saturated rings. The molecule has 10 nitrogen and oxygen atoms in total. The minimum absolute atomic E-state index is 0.265. The Morgan fingerprint density at radius 2 is 0.815 bits per heavy atom. The van der Waals surface area contributed by atoms with Crippen molar-refractivity contribution in [1.29, 1.82) is 0 Å². The molecular formula is C44H80O10. The number of hydrogen-bond donors (Lipinski definition) is 0. The molecule has 0 N–H and O–H groups in total.